The lowest BCUT2D eigenvalue weighted by molar-refractivity contribution is 0.619. The van der Waals surface area contributed by atoms with E-state index in [2.05, 4.69) is 15.3 Å². The first-order valence-corrected chi connectivity index (χ1v) is 6.39. The predicted molar refractivity (Wildman–Crippen MR) is 70.1 cm³/mol. The highest BCUT2D eigenvalue weighted by Gasteiger charge is 2.04. The van der Waals surface area contributed by atoms with Crippen LogP contribution in [0.15, 0.2) is 40.6 Å². The average Bonchev–Trinajstić information content (AvgIpc) is 2.32. The zero-order valence-corrected chi connectivity index (χ0v) is 11.1. The van der Waals surface area contributed by atoms with Crippen LogP contribution in [0.4, 0.5) is 4.39 Å². The van der Waals surface area contributed by atoms with Crippen molar-refractivity contribution in [1.82, 2.24) is 15.3 Å². The Morgan fingerprint density at radius 1 is 1.22 bits per heavy atom. The van der Waals surface area contributed by atoms with Crippen molar-refractivity contribution in [3.05, 3.63) is 47.5 Å². The molecule has 5 heteroatoms. The van der Waals surface area contributed by atoms with Crippen LogP contribution in [0.2, 0.25) is 0 Å². The van der Waals surface area contributed by atoms with Gasteiger partial charge in [-0.15, -0.1) is 0 Å². The number of benzene rings is 1. The van der Waals surface area contributed by atoms with Crippen molar-refractivity contribution in [3.63, 3.8) is 0 Å². The van der Waals surface area contributed by atoms with E-state index < -0.39 is 0 Å². The number of aromatic nitrogens is 2. The van der Waals surface area contributed by atoms with Crippen LogP contribution in [0, 0.1) is 12.7 Å². The minimum Gasteiger partial charge on any atom is -0.316 e. The smallest absolute Gasteiger partial charge is 0.192 e. The summed E-state index contributed by atoms with van der Waals surface area (Å²) in [6, 6.07) is 4.96. The van der Waals surface area contributed by atoms with E-state index in [1.807, 2.05) is 20.0 Å². The SMILES string of the molecule is CNCc1cc(F)cc(Sc2ncc(C)cn2)c1. The van der Waals surface area contributed by atoms with Crippen molar-refractivity contribution >= 4 is 11.8 Å². The van der Waals surface area contributed by atoms with Crippen molar-refractivity contribution in [2.45, 2.75) is 23.5 Å². The molecule has 18 heavy (non-hydrogen) atoms. The number of hydrogen-bond acceptors (Lipinski definition) is 4. The van der Waals surface area contributed by atoms with Crippen molar-refractivity contribution < 1.29 is 4.39 Å². The molecule has 0 fully saturated rings. The largest absolute Gasteiger partial charge is 0.316 e. The normalized spacial score (nSPS) is 10.6. The van der Waals surface area contributed by atoms with Crippen LogP contribution in [-0.2, 0) is 6.54 Å². The van der Waals surface area contributed by atoms with Crippen LogP contribution in [0.1, 0.15) is 11.1 Å². The molecule has 1 aromatic heterocycles. The fourth-order valence-corrected chi connectivity index (χ4v) is 2.33. The van der Waals surface area contributed by atoms with Crippen molar-refractivity contribution in [2.75, 3.05) is 7.05 Å². The summed E-state index contributed by atoms with van der Waals surface area (Å²) in [6.07, 6.45) is 3.51. The van der Waals surface area contributed by atoms with Gasteiger partial charge in [-0.05, 0) is 55.1 Å². The molecule has 0 atom stereocenters. The molecule has 0 amide bonds. The molecule has 2 aromatic rings. The molecular weight excluding hydrogens is 249 g/mol. The Hall–Kier alpha value is -1.46. The number of nitrogens with zero attached hydrogens (tertiary/aromatic N) is 2. The van der Waals surface area contributed by atoms with Gasteiger partial charge >= 0.3 is 0 Å². The minimum absolute atomic E-state index is 0.239. The molecular formula is C13H14FN3S. The molecule has 0 aliphatic heterocycles. The third-order valence-electron chi connectivity index (χ3n) is 2.28. The van der Waals surface area contributed by atoms with Gasteiger partial charge in [-0.3, -0.25) is 0 Å². The Morgan fingerprint density at radius 3 is 2.61 bits per heavy atom. The second-order valence-electron chi connectivity index (χ2n) is 3.97. The van der Waals surface area contributed by atoms with Gasteiger partial charge in [-0.2, -0.15) is 0 Å². The molecule has 0 radical (unpaired) electrons. The third-order valence-corrected chi connectivity index (χ3v) is 3.14. The molecule has 1 heterocycles. The molecule has 1 aromatic carbocycles. The van der Waals surface area contributed by atoms with Gasteiger partial charge in [0.15, 0.2) is 5.16 Å². The molecule has 3 nitrogen and oxygen atoms in total. The van der Waals surface area contributed by atoms with Crippen LogP contribution >= 0.6 is 11.8 Å². The lowest BCUT2D eigenvalue weighted by Gasteiger charge is -2.05. The van der Waals surface area contributed by atoms with E-state index in [1.165, 1.54) is 23.9 Å². The highest BCUT2D eigenvalue weighted by atomic mass is 32.2. The van der Waals surface area contributed by atoms with E-state index in [0.29, 0.717) is 11.7 Å². The molecule has 0 bridgehead atoms. The van der Waals surface area contributed by atoms with Crippen LogP contribution in [0.25, 0.3) is 0 Å². The maximum atomic E-state index is 13.4. The molecule has 0 saturated carbocycles. The summed E-state index contributed by atoms with van der Waals surface area (Å²) in [5.41, 5.74) is 1.92. The van der Waals surface area contributed by atoms with Gasteiger partial charge < -0.3 is 5.32 Å². The Balaban J connectivity index is 2.20. The summed E-state index contributed by atoms with van der Waals surface area (Å²) >= 11 is 1.36. The summed E-state index contributed by atoms with van der Waals surface area (Å²) in [5.74, 6) is -0.239. The van der Waals surface area contributed by atoms with E-state index in [1.54, 1.807) is 12.4 Å². The Kier molecular flexibility index (Phi) is 4.28. The van der Waals surface area contributed by atoms with E-state index in [4.69, 9.17) is 0 Å². The molecule has 2 rings (SSSR count). The van der Waals surface area contributed by atoms with Gasteiger partial charge in [-0.1, -0.05) is 0 Å². The summed E-state index contributed by atoms with van der Waals surface area (Å²) in [4.78, 5) is 9.19. The number of hydrogen-bond donors (Lipinski definition) is 1. The fraction of sp³-hybridized carbons (Fsp3) is 0.231. The molecule has 0 aliphatic carbocycles. The highest BCUT2D eigenvalue weighted by molar-refractivity contribution is 7.99. The molecule has 0 spiro atoms. The standard InChI is InChI=1S/C13H14FN3S/c1-9-6-16-13(17-7-9)18-12-4-10(8-15-2)3-11(14)5-12/h3-7,15H,8H2,1-2H3. The summed E-state index contributed by atoms with van der Waals surface area (Å²) in [7, 11) is 1.83. The second kappa shape index (κ2) is 5.93. The number of rotatable bonds is 4. The molecule has 0 saturated heterocycles. The Labute approximate surface area is 110 Å². The first-order valence-electron chi connectivity index (χ1n) is 5.58. The fourth-order valence-electron chi connectivity index (χ4n) is 1.52. The number of halogens is 1. The average molecular weight is 263 g/mol. The lowest BCUT2D eigenvalue weighted by atomic mass is 10.2. The van der Waals surface area contributed by atoms with E-state index in [9.17, 15) is 4.39 Å². The third kappa shape index (κ3) is 3.51. The molecule has 1 N–H and O–H groups in total. The lowest BCUT2D eigenvalue weighted by Crippen LogP contribution is -2.05. The van der Waals surface area contributed by atoms with E-state index in [-0.39, 0.29) is 5.82 Å². The number of nitrogens with one attached hydrogen (secondary N) is 1. The van der Waals surface area contributed by atoms with Crippen LogP contribution in [0.3, 0.4) is 0 Å². The van der Waals surface area contributed by atoms with Gasteiger partial charge in [0.05, 0.1) is 0 Å². The molecule has 0 unspecified atom stereocenters. The molecule has 0 aliphatic rings. The van der Waals surface area contributed by atoms with Crippen LogP contribution in [0.5, 0.6) is 0 Å². The summed E-state index contributed by atoms with van der Waals surface area (Å²) < 4.78 is 13.4. The zero-order chi connectivity index (χ0) is 13.0. The Morgan fingerprint density at radius 2 is 1.94 bits per heavy atom. The zero-order valence-electron chi connectivity index (χ0n) is 10.3. The van der Waals surface area contributed by atoms with Gasteiger partial charge in [0.25, 0.3) is 0 Å². The maximum Gasteiger partial charge on any atom is 0.192 e. The minimum atomic E-state index is -0.239. The first-order chi connectivity index (χ1) is 8.67. The van der Waals surface area contributed by atoms with E-state index >= 15 is 0 Å². The van der Waals surface area contributed by atoms with Crippen molar-refractivity contribution in [2.24, 2.45) is 0 Å². The maximum absolute atomic E-state index is 13.4. The van der Waals surface area contributed by atoms with Gasteiger partial charge in [0, 0.05) is 23.8 Å². The highest BCUT2D eigenvalue weighted by Crippen LogP contribution is 2.26. The van der Waals surface area contributed by atoms with Gasteiger partial charge in [-0.25, -0.2) is 14.4 Å². The van der Waals surface area contributed by atoms with Gasteiger partial charge in [0.1, 0.15) is 5.82 Å². The summed E-state index contributed by atoms with van der Waals surface area (Å²) in [6.45, 7) is 2.57. The summed E-state index contributed by atoms with van der Waals surface area (Å²) in [5, 5.41) is 3.63. The first kappa shape index (κ1) is 13.0. The Bertz CT molecular complexity index is 528. The monoisotopic (exact) mass is 263 g/mol. The molecule has 94 valence electrons. The predicted octanol–water partition coefficient (Wildman–Crippen LogP) is 2.79. The van der Waals surface area contributed by atoms with Crippen molar-refractivity contribution in [1.29, 1.82) is 0 Å². The van der Waals surface area contributed by atoms with E-state index in [0.717, 1.165) is 16.0 Å². The second-order valence-corrected chi connectivity index (χ2v) is 5.01. The van der Waals surface area contributed by atoms with Crippen LogP contribution < -0.4 is 5.32 Å². The number of aryl methyl sites for hydroxylation is 1. The topological polar surface area (TPSA) is 37.8 Å². The van der Waals surface area contributed by atoms with Gasteiger partial charge in [0.2, 0.25) is 0 Å². The van der Waals surface area contributed by atoms with Crippen molar-refractivity contribution in [3.8, 4) is 0 Å². The quantitative estimate of drug-likeness (QED) is 0.861. The van der Waals surface area contributed by atoms with Crippen LogP contribution in [-0.4, -0.2) is 17.0 Å².